The minimum atomic E-state index is -3.62. The van der Waals surface area contributed by atoms with Gasteiger partial charge in [-0.3, -0.25) is 4.79 Å². The van der Waals surface area contributed by atoms with Gasteiger partial charge in [-0.2, -0.15) is 4.31 Å². The molecule has 1 N–H and O–H groups in total. The van der Waals surface area contributed by atoms with Crippen LogP contribution < -0.4 is 10.1 Å². The van der Waals surface area contributed by atoms with E-state index in [0.717, 1.165) is 12.0 Å². The number of rotatable bonds is 12. The van der Waals surface area contributed by atoms with E-state index in [4.69, 9.17) is 9.47 Å². The molecule has 0 unspecified atom stereocenters. The molecule has 0 aliphatic carbocycles. The first-order chi connectivity index (χ1) is 13.9. The first-order valence-electron chi connectivity index (χ1n) is 9.51. The molecule has 29 heavy (non-hydrogen) atoms. The first kappa shape index (κ1) is 22.9. The number of ether oxygens (including phenoxy) is 2. The number of hydrogen-bond donors (Lipinski definition) is 1. The van der Waals surface area contributed by atoms with Gasteiger partial charge in [0.1, 0.15) is 5.75 Å². The second-order valence-corrected chi connectivity index (χ2v) is 8.45. The highest BCUT2D eigenvalue weighted by molar-refractivity contribution is 7.89. The zero-order valence-electron chi connectivity index (χ0n) is 16.8. The second kappa shape index (κ2) is 11.5. The molecule has 0 bridgehead atoms. The molecule has 0 spiro atoms. The predicted octanol–water partition coefficient (Wildman–Crippen LogP) is 2.43. The number of carbonyl (C=O) groups is 1. The van der Waals surface area contributed by atoms with E-state index in [1.54, 1.807) is 19.2 Å². The Morgan fingerprint density at radius 3 is 2.41 bits per heavy atom. The molecule has 0 aliphatic heterocycles. The number of carbonyl (C=O) groups excluding carboxylic acids is 1. The fourth-order valence-electron chi connectivity index (χ4n) is 2.56. The minimum absolute atomic E-state index is 0.130. The van der Waals surface area contributed by atoms with Crippen LogP contribution in [0.2, 0.25) is 0 Å². The van der Waals surface area contributed by atoms with Crippen molar-refractivity contribution in [3.63, 3.8) is 0 Å². The first-order valence-corrected chi connectivity index (χ1v) is 10.9. The lowest BCUT2D eigenvalue weighted by Gasteiger charge is -2.17. The topological polar surface area (TPSA) is 84.9 Å². The maximum Gasteiger partial charge on any atom is 0.257 e. The minimum Gasteiger partial charge on any atom is -0.484 e. The van der Waals surface area contributed by atoms with Crippen molar-refractivity contribution < 1.29 is 22.7 Å². The molecular weight excluding hydrogens is 392 g/mol. The molecular formula is C21H28N2O5S. The van der Waals surface area contributed by atoms with Crippen LogP contribution in [0.15, 0.2) is 59.5 Å². The molecule has 0 aromatic heterocycles. The monoisotopic (exact) mass is 420 g/mol. The summed E-state index contributed by atoms with van der Waals surface area (Å²) >= 11 is 0. The van der Waals surface area contributed by atoms with Crippen molar-refractivity contribution in [2.75, 3.05) is 33.4 Å². The van der Waals surface area contributed by atoms with Gasteiger partial charge in [-0.25, -0.2) is 8.42 Å². The fourth-order valence-corrected chi connectivity index (χ4v) is 3.72. The third-order valence-corrected chi connectivity index (χ3v) is 5.96. The van der Waals surface area contributed by atoms with Crippen molar-refractivity contribution in [1.29, 1.82) is 0 Å². The van der Waals surface area contributed by atoms with Gasteiger partial charge >= 0.3 is 0 Å². The normalized spacial score (nSPS) is 11.4. The maximum absolute atomic E-state index is 12.7. The lowest BCUT2D eigenvalue weighted by Crippen LogP contribution is -2.30. The van der Waals surface area contributed by atoms with Gasteiger partial charge in [-0.15, -0.1) is 0 Å². The van der Waals surface area contributed by atoms with E-state index in [2.05, 4.69) is 5.32 Å². The van der Waals surface area contributed by atoms with E-state index in [0.29, 0.717) is 25.5 Å². The highest BCUT2D eigenvalue weighted by Crippen LogP contribution is 2.20. The summed E-state index contributed by atoms with van der Waals surface area (Å²) in [5.74, 6) is 0.194. The summed E-state index contributed by atoms with van der Waals surface area (Å²) < 4.78 is 37.4. The number of sulfonamides is 1. The highest BCUT2D eigenvalue weighted by Gasteiger charge is 2.20. The van der Waals surface area contributed by atoms with Crippen LogP contribution in [-0.4, -0.2) is 52.0 Å². The van der Waals surface area contributed by atoms with Gasteiger partial charge in [0, 0.05) is 33.4 Å². The van der Waals surface area contributed by atoms with Gasteiger partial charge in [0.15, 0.2) is 6.61 Å². The molecule has 7 nitrogen and oxygen atoms in total. The van der Waals surface area contributed by atoms with Gasteiger partial charge in [-0.1, -0.05) is 30.3 Å². The SMILES string of the molecule is CCOCCCNC(=O)COc1ccc(S(=O)(=O)N(C)Cc2ccccc2)cc1. The van der Waals surface area contributed by atoms with E-state index in [1.807, 2.05) is 37.3 Å². The van der Waals surface area contributed by atoms with Crippen molar-refractivity contribution in [3.8, 4) is 5.75 Å². The molecule has 0 saturated heterocycles. The average molecular weight is 421 g/mol. The largest absolute Gasteiger partial charge is 0.484 e. The highest BCUT2D eigenvalue weighted by atomic mass is 32.2. The Kier molecular flexibility index (Phi) is 9.11. The third-order valence-electron chi connectivity index (χ3n) is 4.14. The number of amides is 1. The Bertz CT molecular complexity index is 854. The van der Waals surface area contributed by atoms with Gasteiger partial charge < -0.3 is 14.8 Å². The Labute approximate surface area is 172 Å². The van der Waals surface area contributed by atoms with E-state index < -0.39 is 10.0 Å². The van der Waals surface area contributed by atoms with Crippen LogP contribution in [-0.2, 0) is 26.1 Å². The Hall–Kier alpha value is -2.42. The van der Waals surface area contributed by atoms with Crippen LogP contribution >= 0.6 is 0 Å². The summed E-state index contributed by atoms with van der Waals surface area (Å²) in [7, 11) is -2.07. The fraction of sp³-hybridized carbons (Fsp3) is 0.381. The molecule has 2 aromatic carbocycles. The second-order valence-electron chi connectivity index (χ2n) is 6.41. The van der Waals surface area contributed by atoms with E-state index >= 15 is 0 Å². The number of nitrogens with one attached hydrogen (secondary N) is 1. The standard InChI is InChI=1S/C21H28N2O5S/c1-3-27-15-7-14-22-21(24)17-28-19-10-12-20(13-11-19)29(25,26)23(2)16-18-8-5-4-6-9-18/h4-6,8-13H,3,7,14-17H2,1-2H3,(H,22,24). The average Bonchev–Trinajstić information content (AvgIpc) is 2.73. The van der Waals surface area contributed by atoms with Crippen LogP contribution in [0.5, 0.6) is 5.75 Å². The molecule has 0 fully saturated rings. The summed E-state index contributed by atoms with van der Waals surface area (Å²) in [5, 5.41) is 2.74. The summed E-state index contributed by atoms with van der Waals surface area (Å²) in [6, 6.07) is 15.4. The maximum atomic E-state index is 12.7. The molecule has 158 valence electrons. The summed E-state index contributed by atoms with van der Waals surface area (Å²) in [4.78, 5) is 11.9. The lowest BCUT2D eigenvalue weighted by atomic mass is 10.2. The molecule has 0 radical (unpaired) electrons. The van der Waals surface area contributed by atoms with Gasteiger partial charge in [0.2, 0.25) is 10.0 Å². The van der Waals surface area contributed by atoms with Crippen LogP contribution in [0.4, 0.5) is 0 Å². The number of hydrogen-bond acceptors (Lipinski definition) is 5. The Morgan fingerprint density at radius 2 is 1.76 bits per heavy atom. The smallest absolute Gasteiger partial charge is 0.257 e. The molecule has 0 atom stereocenters. The van der Waals surface area contributed by atoms with E-state index in [9.17, 15) is 13.2 Å². The third kappa shape index (κ3) is 7.49. The van der Waals surface area contributed by atoms with Crippen LogP contribution in [0.1, 0.15) is 18.9 Å². The van der Waals surface area contributed by atoms with E-state index in [1.165, 1.54) is 16.4 Å². The molecule has 0 saturated carbocycles. The Balaban J connectivity index is 1.84. The zero-order chi connectivity index (χ0) is 21.1. The van der Waals surface area contributed by atoms with Gasteiger partial charge in [0.05, 0.1) is 4.90 Å². The molecule has 2 aromatic rings. The summed E-state index contributed by atoms with van der Waals surface area (Å²) in [6.07, 6.45) is 0.739. The van der Waals surface area contributed by atoms with Crippen LogP contribution in [0.25, 0.3) is 0 Å². The van der Waals surface area contributed by atoms with Crippen molar-refractivity contribution in [2.45, 2.75) is 24.8 Å². The molecule has 0 heterocycles. The van der Waals surface area contributed by atoms with Gasteiger partial charge in [-0.05, 0) is 43.2 Å². The predicted molar refractivity (Wildman–Crippen MR) is 111 cm³/mol. The molecule has 2 rings (SSSR count). The Morgan fingerprint density at radius 1 is 1.07 bits per heavy atom. The van der Waals surface area contributed by atoms with Crippen molar-refractivity contribution >= 4 is 15.9 Å². The summed E-state index contributed by atoms with van der Waals surface area (Å²) in [6.45, 7) is 3.86. The van der Waals surface area contributed by atoms with Crippen molar-refractivity contribution in [1.82, 2.24) is 9.62 Å². The van der Waals surface area contributed by atoms with Crippen LogP contribution in [0, 0.1) is 0 Å². The molecule has 1 amide bonds. The van der Waals surface area contributed by atoms with Gasteiger partial charge in [0.25, 0.3) is 5.91 Å². The molecule has 0 aliphatic rings. The van der Waals surface area contributed by atoms with Crippen LogP contribution in [0.3, 0.4) is 0 Å². The van der Waals surface area contributed by atoms with E-state index in [-0.39, 0.29) is 24.0 Å². The van der Waals surface area contributed by atoms with Crippen molar-refractivity contribution in [3.05, 3.63) is 60.2 Å². The molecule has 8 heteroatoms. The summed E-state index contributed by atoms with van der Waals surface area (Å²) in [5.41, 5.74) is 0.908. The number of benzene rings is 2. The zero-order valence-corrected chi connectivity index (χ0v) is 17.7. The number of nitrogens with zero attached hydrogens (tertiary/aromatic N) is 1. The lowest BCUT2D eigenvalue weighted by molar-refractivity contribution is -0.123. The quantitative estimate of drug-likeness (QED) is 0.533. The van der Waals surface area contributed by atoms with Crippen molar-refractivity contribution in [2.24, 2.45) is 0 Å².